The smallest absolute Gasteiger partial charge is 0.223 e. The summed E-state index contributed by atoms with van der Waals surface area (Å²) in [4.78, 5) is 12.9. The van der Waals surface area contributed by atoms with E-state index in [1.54, 1.807) is 0 Å². The number of rotatable bonds is 4. The van der Waals surface area contributed by atoms with Gasteiger partial charge >= 0.3 is 0 Å². The van der Waals surface area contributed by atoms with E-state index in [0.29, 0.717) is 23.8 Å². The normalized spacial score (nSPS) is 11.4. The number of hydrogen-bond acceptors (Lipinski definition) is 5. The molecule has 0 aromatic carbocycles. The van der Waals surface area contributed by atoms with Crippen molar-refractivity contribution in [2.75, 3.05) is 12.3 Å². The Morgan fingerprint density at radius 1 is 1.33 bits per heavy atom. The van der Waals surface area contributed by atoms with E-state index < -0.39 is 0 Å². The van der Waals surface area contributed by atoms with Crippen molar-refractivity contribution in [1.82, 2.24) is 19.5 Å². The Hall–Kier alpha value is -1.70. The standard InChI is InChI=1S/C16H17BrClN5O/c1-8-5-20-11(9(2)13(8)17)7-23-6-10(3-4-24)12-14(18)21-16(19)22-15(12)23/h5-6,24H,3-4,7H2,1-2H3,(H2,19,21,22). The first-order valence-corrected chi connectivity index (χ1v) is 8.61. The van der Waals surface area contributed by atoms with E-state index in [4.69, 9.17) is 17.3 Å². The van der Waals surface area contributed by atoms with Crippen LogP contribution in [0.15, 0.2) is 16.9 Å². The number of aliphatic hydroxyl groups is 1. The molecule has 0 fully saturated rings. The Morgan fingerprint density at radius 2 is 2.08 bits per heavy atom. The van der Waals surface area contributed by atoms with Crippen LogP contribution in [0.4, 0.5) is 5.95 Å². The van der Waals surface area contributed by atoms with Gasteiger partial charge in [0.05, 0.1) is 17.6 Å². The van der Waals surface area contributed by atoms with Crippen molar-refractivity contribution >= 4 is 44.5 Å². The minimum absolute atomic E-state index is 0.0210. The molecule has 3 heterocycles. The lowest BCUT2D eigenvalue weighted by molar-refractivity contribution is 0.300. The van der Waals surface area contributed by atoms with Crippen molar-refractivity contribution in [3.05, 3.63) is 44.4 Å². The van der Waals surface area contributed by atoms with Crippen LogP contribution in [0.2, 0.25) is 5.15 Å². The molecule has 0 unspecified atom stereocenters. The molecule has 3 rings (SSSR count). The first kappa shape index (κ1) is 17.1. The summed E-state index contributed by atoms with van der Waals surface area (Å²) >= 11 is 9.84. The second-order valence-corrected chi connectivity index (χ2v) is 6.80. The van der Waals surface area contributed by atoms with Gasteiger partial charge in [-0.25, -0.2) is 4.98 Å². The summed E-state index contributed by atoms with van der Waals surface area (Å²) in [5.41, 5.74) is 10.4. The first-order chi connectivity index (χ1) is 11.4. The molecule has 0 aliphatic carbocycles. The van der Waals surface area contributed by atoms with Gasteiger partial charge in [0.1, 0.15) is 10.8 Å². The van der Waals surface area contributed by atoms with Crippen molar-refractivity contribution in [2.24, 2.45) is 0 Å². The minimum Gasteiger partial charge on any atom is -0.396 e. The molecule has 0 aliphatic rings. The summed E-state index contributed by atoms with van der Waals surface area (Å²) in [6.45, 7) is 4.58. The van der Waals surface area contributed by atoms with Crippen LogP contribution >= 0.6 is 27.5 Å². The van der Waals surface area contributed by atoms with E-state index >= 15 is 0 Å². The molecule has 0 saturated carbocycles. The number of halogens is 2. The van der Waals surface area contributed by atoms with Crippen LogP contribution < -0.4 is 5.73 Å². The maximum absolute atomic E-state index is 9.30. The SMILES string of the molecule is Cc1cnc(Cn2cc(CCO)c3c(Cl)nc(N)nc32)c(C)c1Br. The number of nitrogens with zero attached hydrogens (tertiary/aromatic N) is 4. The molecule has 3 aromatic heterocycles. The minimum atomic E-state index is 0.0210. The molecule has 3 N–H and O–H groups in total. The fourth-order valence-corrected chi connectivity index (χ4v) is 3.36. The van der Waals surface area contributed by atoms with E-state index in [1.807, 2.05) is 30.8 Å². The molecule has 0 amide bonds. The maximum Gasteiger partial charge on any atom is 0.223 e. The topological polar surface area (TPSA) is 89.8 Å². The van der Waals surface area contributed by atoms with Gasteiger partial charge in [-0.3, -0.25) is 4.98 Å². The summed E-state index contributed by atoms with van der Waals surface area (Å²) in [5.74, 6) is 0.122. The molecule has 0 bridgehead atoms. The highest BCUT2D eigenvalue weighted by molar-refractivity contribution is 9.10. The lowest BCUT2D eigenvalue weighted by atomic mass is 10.1. The van der Waals surface area contributed by atoms with Gasteiger partial charge in [0, 0.05) is 23.5 Å². The lowest BCUT2D eigenvalue weighted by Gasteiger charge is -2.10. The number of pyridine rings is 1. The monoisotopic (exact) mass is 409 g/mol. The molecule has 0 radical (unpaired) electrons. The lowest BCUT2D eigenvalue weighted by Crippen LogP contribution is -2.06. The third kappa shape index (κ3) is 2.99. The predicted molar refractivity (Wildman–Crippen MR) is 98.3 cm³/mol. The summed E-state index contributed by atoms with van der Waals surface area (Å²) in [6.07, 6.45) is 4.24. The molecule has 6 nitrogen and oxygen atoms in total. The van der Waals surface area contributed by atoms with Crippen molar-refractivity contribution < 1.29 is 5.11 Å². The predicted octanol–water partition coefficient (Wildman–Crippen LogP) is 3.02. The van der Waals surface area contributed by atoms with Crippen LogP contribution in [0.5, 0.6) is 0 Å². The van der Waals surface area contributed by atoms with Gasteiger partial charge in [-0.2, -0.15) is 4.98 Å². The summed E-state index contributed by atoms with van der Waals surface area (Å²) in [5, 5.41) is 10.3. The fraction of sp³-hybridized carbons (Fsp3) is 0.312. The van der Waals surface area contributed by atoms with Crippen molar-refractivity contribution in [3.8, 4) is 0 Å². The highest BCUT2D eigenvalue weighted by Gasteiger charge is 2.17. The average Bonchev–Trinajstić information content (AvgIpc) is 2.86. The molecular formula is C16H17BrClN5O. The number of aryl methyl sites for hydroxylation is 1. The molecule has 0 spiro atoms. The number of anilines is 1. The Balaban J connectivity index is 2.15. The van der Waals surface area contributed by atoms with Gasteiger partial charge < -0.3 is 15.4 Å². The third-order valence-corrected chi connectivity index (χ3v) is 5.49. The second-order valence-electron chi connectivity index (χ2n) is 5.65. The highest BCUT2D eigenvalue weighted by atomic mass is 79.9. The zero-order valence-electron chi connectivity index (χ0n) is 13.3. The number of fused-ring (bicyclic) bond motifs is 1. The second kappa shape index (κ2) is 6.66. The van der Waals surface area contributed by atoms with E-state index in [0.717, 1.165) is 32.2 Å². The molecule has 0 aliphatic heterocycles. The van der Waals surface area contributed by atoms with Gasteiger partial charge in [0.15, 0.2) is 0 Å². The zero-order chi connectivity index (χ0) is 17.4. The van der Waals surface area contributed by atoms with Gasteiger partial charge in [0.25, 0.3) is 0 Å². The Bertz CT molecular complexity index is 925. The van der Waals surface area contributed by atoms with Crippen LogP contribution in [0.3, 0.4) is 0 Å². The van der Waals surface area contributed by atoms with Crippen LogP contribution in [0.25, 0.3) is 11.0 Å². The Morgan fingerprint density at radius 3 is 2.79 bits per heavy atom. The highest BCUT2D eigenvalue weighted by Crippen LogP contribution is 2.29. The molecular weight excluding hydrogens is 394 g/mol. The van der Waals surface area contributed by atoms with Crippen LogP contribution in [0.1, 0.15) is 22.4 Å². The van der Waals surface area contributed by atoms with Gasteiger partial charge in [0.2, 0.25) is 5.95 Å². The number of aliphatic hydroxyl groups excluding tert-OH is 1. The number of aromatic nitrogens is 4. The van der Waals surface area contributed by atoms with E-state index in [-0.39, 0.29) is 12.6 Å². The van der Waals surface area contributed by atoms with Gasteiger partial charge in [-0.15, -0.1) is 0 Å². The van der Waals surface area contributed by atoms with Crippen molar-refractivity contribution in [3.63, 3.8) is 0 Å². The molecule has 0 atom stereocenters. The fourth-order valence-electron chi connectivity index (χ4n) is 2.74. The molecule has 126 valence electrons. The van der Waals surface area contributed by atoms with Crippen molar-refractivity contribution in [2.45, 2.75) is 26.8 Å². The largest absolute Gasteiger partial charge is 0.396 e. The number of nitrogen functional groups attached to an aromatic ring is 1. The molecule has 3 aromatic rings. The summed E-state index contributed by atoms with van der Waals surface area (Å²) < 4.78 is 2.99. The molecule has 24 heavy (non-hydrogen) atoms. The maximum atomic E-state index is 9.30. The molecule has 8 heteroatoms. The van der Waals surface area contributed by atoms with E-state index in [2.05, 4.69) is 30.9 Å². The number of nitrogens with two attached hydrogens (primary N) is 1. The van der Waals surface area contributed by atoms with E-state index in [9.17, 15) is 5.11 Å². The third-order valence-electron chi connectivity index (χ3n) is 3.99. The summed E-state index contributed by atoms with van der Waals surface area (Å²) in [7, 11) is 0. The first-order valence-electron chi connectivity index (χ1n) is 7.44. The quantitative estimate of drug-likeness (QED) is 0.645. The van der Waals surface area contributed by atoms with Crippen LogP contribution in [-0.4, -0.2) is 31.2 Å². The summed E-state index contributed by atoms with van der Waals surface area (Å²) in [6, 6.07) is 0. The van der Waals surface area contributed by atoms with Gasteiger partial charge in [-0.05, 0) is 37.0 Å². The molecule has 0 saturated heterocycles. The Kier molecular flexibility index (Phi) is 4.76. The average molecular weight is 411 g/mol. The van der Waals surface area contributed by atoms with Gasteiger partial charge in [-0.1, -0.05) is 27.5 Å². The Labute approximate surface area is 152 Å². The zero-order valence-corrected chi connectivity index (χ0v) is 15.7. The van der Waals surface area contributed by atoms with Crippen LogP contribution in [0, 0.1) is 13.8 Å². The van der Waals surface area contributed by atoms with E-state index in [1.165, 1.54) is 0 Å². The van der Waals surface area contributed by atoms with Crippen LogP contribution in [-0.2, 0) is 13.0 Å². The van der Waals surface area contributed by atoms with Crippen molar-refractivity contribution in [1.29, 1.82) is 0 Å². The number of hydrogen-bond donors (Lipinski definition) is 2.